The van der Waals surface area contributed by atoms with Gasteiger partial charge in [-0.05, 0) is 47.9 Å². The van der Waals surface area contributed by atoms with Gasteiger partial charge in [0.15, 0.2) is 0 Å². The van der Waals surface area contributed by atoms with Gasteiger partial charge in [-0.3, -0.25) is 4.79 Å². The number of hydrogen-bond donors (Lipinski definition) is 1. The van der Waals surface area contributed by atoms with Crippen molar-refractivity contribution in [2.75, 3.05) is 13.2 Å². The first-order valence-electron chi connectivity index (χ1n) is 10.7. The summed E-state index contributed by atoms with van der Waals surface area (Å²) in [5, 5.41) is 3.05. The van der Waals surface area contributed by atoms with Gasteiger partial charge in [0.2, 0.25) is 10.0 Å². The third kappa shape index (κ3) is 3.89. The second kappa shape index (κ2) is 8.41. The molecule has 164 valence electrons. The van der Waals surface area contributed by atoms with E-state index in [0.29, 0.717) is 38.1 Å². The van der Waals surface area contributed by atoms with Crippen LogP contribution in [0, 0.1) is 0 Å². The number of benzene rings is 3. The van der Waals surface area contributed by atoms with Gasteiger partial charge in [0.1, 0.15) is 5.75 Å². The minimum Gasteiger partial charge on any atom is -0.493 e. The monoisotopic (exact) mass is 448 g/mol. The number of carbonyl (C=O) groups excluding carboxylic acids is 1. The van der Waals surface area contributed by atoms with Crippen LogP contribution in [0.25, 0.3) is 0 Å². The molecule has 32 heavy (non-hydrogen) atoms. The average molecular weight is 449 g/mol. The molecule has 2 aliphatic rings. The van der Waals surface area contributed by atoms with E-state index in [1.807, 2.05) is 48.5 Å². The second-order valence-corrected chi connectivity index (χ2v) is 10.0. The molecule has 2 aliphatic heterocycles. The van der Waals surface area contributed by atoms with E-state index >= 15 is 0 Å². The molecule has 6 nitrogen and oxygen atoms in total. The van der Waals surface area contributed by atoms with Gasteiger partial charge < -0.3 is 10.1 Å². The zero-order valence-corrected chi connectivity index (χ0v) is 18.3. The van der Waals surface area contributed by atoms with Crippen molar-refractivity contribution in [2.24, 2.45) is 0 Å². The van der Waals surface area contributed by atoms with E-state index in [0.717, 1.165) is 16.9 Å². The van der Waals surface area contributed by atoms with E-state index in [1.165, 1.54) is 22.0 Å². The molecule has 0 aromatic heterocycles. The summed E-state index contributed by atoms with van der Waals surface area (Å²) in [7, 11) is -3.63. The van der Waals surface area contributed by atoms with E-state index < -0.39 is 10.0 Å². The third-order valence-corrected chi connectivity index (χ3v) is 7.97. The number of para-hydroxylation sites is 1. The topological polar surface area (TPSA) is 75.7 Å². The Kier molecular flexibility index (Phi) is 5.45. The molecule has 5 rings (SSSR count). The standard InChI is InChI=1S/C25H24N2O4S/c28-25(26-23-14-16-31-24-8-4-3-7-22(23)24)19-9-11-21(12-10-19)32(29,30)27-15-13-18-5-1-2-6-20(18)17-27/h1-12,23H,13-17H2,(H,26,28)/t23-/m1/s1. The van der Waals surface area contributed by atoms with Crippen LogP contribution >= 0.6 is 0 Å². The average Bonchev–Trinajstić information content (AvgIpc) is 2.84. The molecule has 1 N–H and O–H groups in total. The highest BCUT2D eigenvalue weighted by molar-refractivity contribution is 7.89. The smallest absolute Gasteiger partial charge is 0.251 e. The molecule has 1 amide bonds. The highest BCUT2D eigenvalue weighted by atomic mass is 32.2. The summed E-state index contributed by atoms with van der Waals surface area (Å²) in [6.45, 7) is 1.35. The molecule has 0 fully saturated rings. The van der Waals surface area contributed by atoms with Crippen LogP contribution in [0.1, 0.15) is 39.5 Å². The summed E-state index contributed by atoms with van der Waals surface area (Å²) < 4.78 is 33.4. The fourth-order valence-corrected chi connectivity index (χ4v) is 5.75. The summed E-state index contributed by atoms with van der Waals surface area (Å²) in [4.78, 5) is 13.0. The molecule has 0 aliphatic carbocycles. The minimum atomic E-state index is -3.63. The van der Waals surface area contributed by atoms with Gasteiger partial charge in [-0.1, -0.05) is 42.5 Å². The van der Waals surface area contributed by atoms with Crippen LogP contribution in [0.4, 0.5) is 0 Å². The first kappa shape index (κ1) is 20.7. The van der Waals surface area contributed by atoms with E-state index in [-0.39, 0.29) is 16.8 Å². The Hall–Kier alpha value is -3.16. The molecule has 0 unspecified atom stereocenters. The van der Waals surface area contributed by atoms with Crippen LogP contribution in [-0.4, -0.2) is 31.8 Å². The van der Waals surface area contributed by atoms with Gasteiger partial charge in [0, 0.05) is 30.6 Å². The summed E-state index contributed by atoms with van der Waals surface area (Å²) in [5.74, 6) is 0.552. The van der Waals surface area contributed by atoms with Gasteiger partial charge in [-0.2, -0.15) is 4.31 Å². The third-order valence-electron chi connectivity index (χ3n) is 6.11. The molecule has 3 aromatic carbocycles. The van der Waals surface area contributed by atoms with E-state index in [1.54, 1.807) is 12.1 Å². The fourth-order valence-electron chi connectivity index (χ4n) is 4.34. The zero-order valence-electron chi connectivity index (χ0n) is 17.5. The second-order valence-electron chi connectivity index (χ2n) is 8.08. The first-order valence-corrected chi connectivity index (χ1v) is 12.2. The molecular weight excluding hydrogens is 424 g/mol. The van der Waals surface area contributed by atoms with E-state index in [2.05, 4.69) is 5.32 Å². The number of nitrogens with zero attached hydrogens (tertiary/aromatic N) is 1. The Morgan fingerprint density at radius 1 is 0.938 bits per heavy atom. The maximum absolute atomic E-state index is 13.1. The molecule has 0 radical (unpaired) electrons. The lowest BCUT2D eigenvalue weighted by molar-refractivity contribution is 0.0924. The van der Waals surface area contributed by atoms with Crippen LogP contribution in [0.3, 0.4) is 0 Å². The highest BCUT2D eigenvalue weighted by Gasteiger charge is 2.28. The van der Waals surface area contributed by atoms with Gasteiger partial charge in [0.05, 0.1) is 17.5 Å². The molecule has 0 saturated carbocycles. The highest BCUT2D eigenvalue weighted by Crippen LogP contribution is 2.32. The van der Waals surface area contributed by atoms with Crippen molar-refractivity contribution in [1.82, 2.24) is 9.62 Å². The van der Waals surface area contributed by atoms with Crippen molar-refractivity contribution in [3.05, 3.63) is 95.1 Å². The number of nitrogens with one attached hydrogen (secondary N) is 1. The van der Waals surface area contributed by atoms with Crippen molar-refractivity contribution in [2.45, 2.75) is 30.3 Å². The van der Waals surface area contributed by atoms with Crippen molar-refractivity contribution in [3.63, 3.8) is 0 Å². The van der Waals surface area contributed by atoms with Gasteiger partial charge in [-0.25, -0.2) is 8.42 Å². The Bertz CT molecular complexity index is 1250. The number of amides is 1. The van der Waals surface area contributed by atoms with Crippen LogP contribution < -0.4 is 10.1 Å². The molecule has 3 aromatic rings. The van der Waals surface area contributed by atoms with E-state index in [9.17, 15) is 13.2 Å². The maximum atomic E-state index is 13.1. The van der Waals surface area contributed by atoms with Crippen LogP contribution in [-0.2, 0) is 23.0 Å². The number of fused-ring (bicyclic) bond motifs is 2. The molecule has 0 bridgehead atoms. The molecule has 0 saturated heterocycles. The number of sulfonamides is 1. The summed E-state index contributed by atoms with van der Waals surface area (Å²) >= 11 is 0. The fraction of sp³-hybridized carbons (Fsp3) is 0.240. The molecule has 0 spiro atoms. The number of ether oxygens (including phenoxy) is 1. The van der Waals surface area contributed by atoms with Gasteiger partial charge in [-0.15, -0.1) is 0 Å². The lowest BCUT2D eigenvalue weighted by atomic mass is 10.00. The molecule has 2 heterocycles. The lowest BCUT2D eigenvalue weighted by Crippen LogP contribution is -2.36. The SMILES string of the molecule is O=C(N[C@@H]1CCOc2ccccc21)c1ccc(S(=O)(=O)N2CCc3ccccc3C2)cc1. The largest absolute Gasteiger partial charge is 0.493 e. The Labute approximate surface area is 187 Å². The summed E-state index contributed by atoms with van der Waals surface area (Å²) in [5.41, 5.74) is 3.62. The predicted octanol–water partition coefficient (Wildman–Crippen LogP) is 3.69. The minimum absolute atomic E-state index is 0.135. The summed E-state index contributed by atoms with van der Waals surface area (Å²) in [6, 6.07) is 21.6. The molecule has 7 heteroatoms. The lowest BCUT2D eigenvalue weighted by Gasteiger charge is -2.28. The van der Waals surface area contributed by atoms with Crippen molar-refractivity contribution in [1.29, 1.82) is 0 Å². The van der Waals surface area contributed by atoms with Crippen LogP contribution in [0.15, 0.2) is 77.7 Å². The van der Waals surface area contributed by atoms with Crippen molar-refractivity contribution < 1.29 is 17.9 Å². The Morgan fingerprint density at radius 2 is 1.66 bits per heavy atom. The number of rotatable bonds is 4. The number of hydrogen-bond acceptors (Lipinski definition) is 4. The summed E-state index contributed by atoms with van der Waals surface area (Å²) in [6.07, 6.45) is 1.38. The predicted molar refractivity (Wildman–Crippen MR) is 121 cm³/mol. The normalized spacial score (nSPS) is 18.2. The van der Waals surface area contributed by atoms with Crippen molar-refractivity contribution >= 4 is 15.9 Å². The van der Waals surface area contributed by atoms with Crippen LogP contribution in [0.5, 0.6) is 5.75 Å². The molecular formula is C25H24N2O4S. The van der Waals surface area contributed by atoms with E-state index in [4.69, 9.17) is 4.74 Å². The van der Waals surface area contributed by atoms with Crippen molar-refractivity contribution in [3.8, 4) is 5.75 Å². The molecule has 1 atom stereocenters. The maximum Gasteiger partial charge on any atom is 0.251 e. The first-order chi connectivity index (χ1) is 15.5. The Morgan fingerprint density at radius 3 is 2.47 bits per heavy atom. The van der Waals surface area contributed by atoms with Crippen LogP contribution in [0.2, 0.25) is 0 Å². The zero-order chi connectivity index (χ0) is 22.1. The number of carbonyl (C=O) groups is 1. The van der Waals surface area contributed by atoms with Gasteiger partial charge in [0.25, 0.3) is 5.91 Å². The quantitative estimate of drug-likeness (QED) is 0.661. The Balaban J connectivity index is 1.31. The van der Waals surface area contributed by atoms with Gasteiger partial charge >= 0.3 is 0 Å².